The van der Waals surface area contributed by atoms with Gasteiger partial charge < -0.3 is 10.2 Å². The van der Waals surface area contributed by atoms with Crippen LogP contribution >= 0.6 is 0 Å². The van der Waals surface area contributed by atoms with Gasteiger partial charge in [0.05, 0.1) is 5.75 Å². The lowest BCUT2D eigenvalue weighted by molar-refractivity contribution is -0.117. The summed E-state index contributed by atoms with van der Waals surface area (Å²) in [6, 6.07) is 13.7. The van der Waals surface area contributed by atoms with Gasteiger partial charge in [-0.2, -0.15) is 0 Å². The van der Waals surface area contributed by atoms with Gasteiger partial charge in [0.15, 0.2) is 9.84 Å². The molecule has 2 amide bonds. The molecule has 1 fully saturated rings. The number of hydrogen-bond acceptors (Lipinski definition) is 4. The summed E-state index contributed by atoms with van der Waals surface area (Å²) in [6.45, 7) is 0.720. The zero-order valence-electron chi connectivity index (χ0n) is 14.4. The maximum atomic E-state index is 12.4. The molecule has 0 spiro atoms. The SMILES string of the molecule is CS(=O)(=O)Cc1cccc(C(=O)Nc2ccc(N3CCCC3=O)cc2)c1. The third-order valence-electron chi connectivity index (χ3n) is 4.13. The second-order valence-corrected chi connectivity index (χ2v) is 8.56. The molecule has 0 bridgehead atoms. The van der Waals surface area contributed by atoms with Crippen LogP contribution in [0.4, 0.5) is 11.4 Å². The van der Waals surface area contributed by atoms with Crippen molar-refractivity contribution in [3.05, 3.63) is 59.7 Å². The van der Waals surface area contributed by atoms with Gasteiger partial charge in [0.25, 0.3) is 5.91 Å². The Hall–Kier alpha value is -2.67. The van der Waals surface area contributed by atoms with Crippen LogP contribution in [0.25, 0.3) is 0 Å². The third-order valence-corrected chi connectivity index (χ3v) is 4.99. The van der Waals surface area contributed by atoms with Gasteiger partial charge in [0.1, 0.15) is 0 Å². The highest BCUT2D eigenvalue weighted by Crippen LogP contribution is 2.23. The van der Waals surface area contributed by atoms with Gasteiger partial charge in [0.2, 0.25) is 5.91 Å². The summed E-state index contributed by atoms with van der Waals surface area (Å²) < 4.78 is 22.8. The molecule has 7 heteroatoms. The van der Waals surface area contributed by atoms with Gasteiger partial charge in [-0.1, -0.05) is 12.1 Å². The van der Waals surface area contributed by atoms with Crippen molar-refractivity contribution in [3.63, 3.8) is 0 Å². The predicted molar refractivity (Wildman–Crippen MR) is 101 cm³/mol. The molecule has 1 saturated heterocycles. The molecule has 1 N–H and O–H groups in total. The first-order chi connectivity index (χ1) is 12.3. The first-order valence-corrected chi connectivity index (χ1v) is 10.4. The van der Waals surface area contributed by atoms with E-state index in [-0.39, 0.29) is 17.6 Å². The molecule has 0 radical (unpaired) electrons. The first kappa shape index (κ1) is 18.1. The van der Waals surface area contributed by atoms with Crippen LogP contribution in [0.15, 0.2) is 48.5 Å². The normalized spacial score (nSPS) is 14.5. The average molecular weight is 372 g/mol. The highest BCUT2D eigenvalue weighted by atomic mass is 32.2. The molecule has 6 nitrogen and oxygen atoms in total. The fraction of sp³-hybridized carbons (Fsp3) is 0.263. The van der Waals surface area contributed by atoms with Gasteiger partial charge in [-0.05, 0) is 48.4 Å². The van der Waals surface area contributed by atoms with E-state index in [1.165, 1.54) is 0 Å². The van der Waals surface area contributed by atoms with Crippen molar-refractivity contribution in [3.8, 4) is 0 Å². The molecule has 26 heavy (non-hydrogen) atoms. The Morgan fingerprint density at radius 1 is 1.15 bits per heavy atom. The molecule has 3 rings (SSSR count). The number of carbonyl (C=O) groups excluding carboxylic acids is 2. The molecule has 0 aliphatic carbocycles. The number of sulfone groups is 1. The highest BCUT2D eigenvalue weighted by Gasteiger charge is 2.21. The van der Waals surface area contributed by atoms with Crippen LogP contribution in [-0.2, 0) is 20.4 Å². The summed E-state index contributed by atoms with van der Waals surface area (Å²) in [6.07, 6.45) is 2.59. The van der Waals surface area contributed by atoms with Crippen LogP contribution in [0, 0.1) is 0 Å². The molecule has 1 heterocycles. The maximum absolute atomic E-state index is 12.4. The summed E-state index contributed by atoms with van der Waals surface area (Å²) in [5.74, 6) is -0.304. The van der Waals surface area contributed by atoms with Gasteiger partial charge in [-0.15, -0.1) is 0 Å². The lowest BCUT2D eigenvalue weighted by Gasteiger charge is -2.16. The minimum Gasteiger partial charge on any atom is -0.322 e. The van der Waals surface area contributed by atoms with Crippen molar-refractivity contribution < 1.29 is 18.0 Å². The number of anilines is 2. The number of benzene rings is 2. The van der Waals surface area contributed by atoms with E-state index in [0.717, 1.165) is 24.9 Å². The minimum absolute atomic E-state index is 0.104. The second kappa shape index (κ2) is 7.29. The fourth-order valence-corrected chi connectivity index (χ4v) is 3.74. The number of hydrogen-bond donors (Lipinski definition) is 1. The van der Waals surface area contributed by atoms with Gasteiger partial charge in [0, 0.05) is 36.2 Å². The molecule has 0 atom stereocenters. The van der Waals surface area contributed by atoms with E-state index in [2.05, 4.69) is 5.32 Å². The Labute approximate surface area is 152 Å². The molecular weight excluding hydrogens is 352 g/mol. The van der Waals surface area contributed by atoms with Crippen molar-refractivity contribution in [1.82, 2.24) is 0 Å². The van der Waals surface area contributed by atoms with E-state index in [9.17, 15) is 18.0 Å². The highest BCUT2D eigenvalue weighted by molar-refractivity contribution is 7.89. The molecule has 2 aromatic carbocycles. The molecule has 2 aromatic rings. The fourth-order valence-electron chi connectivity index (χ4n) is 2.95. The Morgan fingerprint density at radius 3 is 2.50 bits per heavy atom. The lowest BCUT2D eigenvalue weighted by Crippen LogP contribution is -2.23. The monoisotopic (exact) mass is 372 g/mol. The van der Waals surface area contributed by atoms with Crippen molar-refractivity contribution in [2.45, 2.75) is 18.6 Å². The molecule has 1 aliphatic heterocycles. The van der Waals surface area contributed by atoms with Crippen LogP contribution in [0.3, 0.4) is 0 Å². The molecular formula is C19H20N2O4S. The van der Waals surface area contributed by atoms with Crippen molar-refractivity contribution >= 4 is 33.0 Å². The summed E-state index contributed by atoms with van der Waals surface area (Å²) >= 11 is 0. The maximum Gasteiger partial charge on any atom is 0.255 e. The predicted octanol–water partition coefficient (Wildman–Crippen LogP) is 2.61. The van der Waals surface area contributed by atoms with E-state index in [4.69, 9.17) is 0 Å². The Morgan fingerprint density at radius 2 is 1.88 bits per heavy atom. The van der Waals surface area contributed by atoms with Crippen LogP contribution in [-0.4, -0.2) is 33.0 Å². The zero-order valence-corrected chi connectivity index (χ0v) is 15.3. The van der Waals surface area contributed by atoms with Crippen molar-refractivity contribution in [2.24, 2.45) is 0 Å². The van der Waals surface area contributed by atoms with Gasteiger partial charge >= 0.3 is 0 Å². The number of carbonyl (C=O) groups is 2. The van der Waals surface area contributed by atoms with E-state index in [0.29, 0.717) is 23.2 Å². The van der Waals surface area contributed by atoms with E-state index in [1.807, 2.05) is 0 Å². The van der Waals surface area contributed by atoms with E-state index >= 15 is 0 Å². The summed E-state index contributed by atoms with van der Waals surface area (Å²) in [5, 5.41) is 2.79. The third kappa shape index (κ3) is 4.49. The van der Waals surface area contributed by atoms with Crippen molar-refractivity contribution in [2.75, 3.05) is 23.0 Å². The topological polar surface area (TPSA) is 83.6 Å². The second-order valence-electron chi connectivity index (χ2n) is 6.42. The lowest BCUT2D eigenvalue weighted by atomic mass is 10.1. The molecule has 0 saturated carbocycles. The summed E-state index contributed by atoms with van der Waals surface area (Å²) in [4.78, 5) is 25.9. The average Bonchev–Trinajstić information content (AvgIpc) is 3.00. The van der Waals surface area contributed by atoms with Crippen molar-refractivity contribution in [1.29, 1.82) is 0 Å². The smallest absolute Gasteiger partial charge is 0.255 e. The molecule has 0 unspecified atom stereocenters. The largest absolute Gasteiger partial charge is 0.322 e. The molecule has 136 valence electrons. The number of nitrogens with one attached hydrogen (secondary N) is 1. The van der Waals surface area contributed by atoms with E-state index in [1.54, 1.807) is 53.4 Å². The van der Waals surface area contributed by atoms with Gasteiger partial charge in [-0.3, -0.25) is 9.59 Å². The standard InChI is InChI=1S/C19H20N2O4S/c1-26(24,25)13-14-4-2-5-15(12-14)19(23)20-16-7-9-17(10-8-16)21-11-3-6-18(21)22/h2,4-5,7-10,12H,3,6,11,13H2,1H3,(H,20,23). The van der Waals surface area contributed by atoms with Crippen LogP contribution in [0.2, 0.25) is 0 Å². The van der Waals surface area contributed by atoms with Gasteiger partial charge in [-0.25, -0.2) is 8.42 Å². The quantitative estimate of drug-likeness (QED) is 0.874. The Balaban J connectivity index is 1.70. The number of rotatable bonds is 5. The van der Waals surface area contributed by atoms with Crippen LogP contribution < -0.4 is 10.2 Å². The molecule has 1 aliphatic rings. The first-order valence-electron chi connectivity index (χ1n) is 8.30. The minimum atomic E-state index is -3.16. The van der Waals surface area contributed by atoms with Crippen LogP contribution in [0.1, 0.15) is 28.8 Å². The summed E-state index contributed by atoms with van der Waals surface area (Å²) in [5.41, 5.74) is 2.40. The summed E-state index contributed by atoms with van der Waals surface area (Å²) in [7, 11) is -3.16. The molecule has 0 aromatic heterocycles. The van der Waals surface area contributed by atoms with Crippen LogP contribution in [0.5, 0.6) is 0 Å². The zero-order chi connectivity index (χ0) is 18.7. The number of nitrogens with zero attached hydrogens (tertiary/aromatic N) is 1. The number of amides is 2. The Bertz CT molecular complexity index is 936. The Kier molecular flexibility index (Phi) is 5.08. The van der Waals surface area contributed by atoms with E-state index < -0.39 is 9.84 Å².